The Morgan fingerprint density at radius 3 is 2.05 bits per heavy atom. The van der Waals surface area contributed by atoms with Crippen LogP contribution >= 0.6 is 0 Å². The number of hydrogen-bond donors (Lipinski definition) is 0. The van der Waals surface area contributed by atoms with E-state index in [9.17, 15) is 9.59 Å². The van der Waals surface area contributed by atoms with Crippen LogP contribution in [-0.2, 0) is 9.59 Å². The number of carbonyl (C=O) groups excluding carboxylic acids is 2. The van der Waals surface area contributed by atoms with Gasteiger partial charge in [0.15, 0.2) is 0 Å². The van der Waals surface area contributed by atoms with Gasteiger partial charge in [-0.25, -0.2) is 0 Å². The highest BCUT2D eigenvalue weighted by atomic mass is 16.2. The van der Waals surface area contributed by atoms with E-state index >= 15 is 0 Å². The van der Waals surface area contributed by atoms with Crippen molar-refractivity contribution in [1.29, 1.82) is 0 Å². The van der Waals surface area contributed by atoms with Crippen LogP contribution in [0.3, 0.4) is 0 Å². The first kappa shape index (κ1) is 13.9. The summed E-state index contributed by atoms with van der Waals surface area (Å²) in [6.07, 6.45) is 5.70. The minimum atomic E-state index is 0.270. The van der Waals surface area contributed by atoms with Gasteiger partial charge < -0.3 is 9.80 Å². The number of carbonyl (C=O) groups is 2. The molecular formula is C15H25N3O2. The Kier molecular flexibility index (Phi) is 4.24. The second-order valence-corrected chi connectivity index (χ2v) is 6.32. The van der Waals surface area contributed by atoms with Gasteiger partial charge in [-0.2, -0.15) is 0 Å². The van der Waals surface area contributed by atoms with Crippen molar-refractivity contribution in [3.05, 3.63) is 0 Å². The van der Waals surface area contributed by atoms with Gasteiger partial charge in [0.05, 0.1) is 6.54 Å². The van der Waals surface area contributed by atoms with Crippen LogP contribution in [0.1, 0.15) is 32.1 Å². The molecule has 0 radical (unpaired) electrons. The van der Waals surface area contributed by atoms with Gasteiger partial charge in [-0.15, -0.1) is 0 Å². The van der Waals surface area contributed by atoms with Gasteiger partial charge in [-0.05, 0) is 32.1 Å². The molecule has 112 valence electrons. The van der Waals surface area contributed by atoms with E-state index in [2.05, 4.69) is 4.90 Å². The second-order valence-electron chi connectivity index (χ2n) is 6.32. The molecule has 2 saturated heterocycles. The van der Waals surface area contributed by atoms with E-state index in [0.717, 1.165) is 65.0 Å². The summed E-state index contributed by atoms with van der Waals surface area (Å²) in [4.78, 5) is 30.4. The van der Waals surface area contributed by atoms with E-state index in [1.807, 2.05) is 9.80 Å². The van der Waals surface area contributed by atoms with Gasteiger partial charge in [-0.1, -0.05) is 0 Å². The number of amides is 2. The quantitative estimate of drug-likeness (QED) is 0.758. The normalized spacial score (nSPS) is 24.8. The van der Waals surface area contributed by atoms with Gasteiger partial charge in [0.1, 0.15) is 0 Å². The average molecular weight is 279 g/mol. The molecule has 3 fully saturated rings. The molecule has 0 aromatic heterocycles. The molecule has 20 heavy (non-hydrogen) atoms. The van der Waals surface area contributed by atoms with Gasteiger partial charge in [0, 0.05) is 45.2 Å². The first-order valence-electron chi connectivity index (χ1n) is 8.03. The topological polar surface area (TPSA) is 43.9 Å². The minimum Gasteiger partial charge on any atom is -0.342 e. The smallest absolute Gasteiger partial charge is 0.236 e. The van der Waals surface area contributed by atoms with Crippen molar-refractivity contribution in [2.24, 2.45) is 5.92 Å². The zero-order valence-corrected chi connectivity index (χ0v) is 12.2. The lowest BCUT2D eigenvalue weighted by Gasteiger charge is -2.36. The molecule has 2 heterocycles. The molecule has 1 aliphatic carbocycles. The zero-order valence-electron chi connectivity index (χ0n) is 12.2. The summed E-state index contributed by atoms with van der Waals surface area (Å²) in [5.41, 5.74) is 0. The van der Waals surface area contributed by atoms with Crippen LogP contribution in [0.15, 0.2) is 0 Å². The van der Waals surface area contributed by atoms with Gasteiger partial charge >= 0.3 is 0 Å². The molecule has 0 aromatic carbocycles. The minimum absolute atomic E-state index is 0.270. The molecule has 2 aliphatic heterocycles. The summed E-state index contributed by atoms with van der Waals surface area (Å²) >= 11 is 0. The summed E-state index contributed by atoms with van der Waals surface area (Å²) < 4.78 is 0. The SMILES string of the molecule is O=C(CN1CCN(C(=O)C2CC2)CC1)N1CCCCC1. The maximum Gasteiger partial charge on any atom is 0.236 e. The number of rotatable bonds is 3. The lowest BCUT2D eigenvalue weighted by atomic mass is 10.1. The molecular weight excluding hydrogens is 254 g/mol. The Hall–Kier alpha value is -1.10. The highest BCUT2D eigenvalue weighted by Crippen LogP contribution is 2.31. The second kappa shape index (κ2) is 6.12. The number of piperazine rings is 1. The molecule has 3 rings (SSSR count). The predicted octanol–water partition coefficient (Wildman–Crippen LogP) is 0.553. The van der Waals surface area contributed by atoms with Gasteiger partial charge in [0.2, 0.25) is 11.8 Å². The van der Waals surface area contributed by atoms with E-state index in [0.29, 0.717) is 18.4 Å². The van der Waals surface area contributed by atoms with E-state index in [-0.39, 0.29) is 5.91 Å². The summed E-state index contributed by atoms with van der Waals surface area (Å²) in [6, 6.07) is 0. The van der Waals surface area contributed by atoms with Crippen molar-refractivity contribution >= 4 is 11.8 Å². The number of likely N-dealkylation sites (tertiary alicyclic amines) is 1. The van der Waals surface area contributed by atoms with Crippen LogP contribution in [0.2, 0.25) is 0 Å². The average Bonchev–Trinajstić information content (AvgIpc) is 3.33. The maximum atomic E-state index is 12.2. The summed E-state index contributed by atoms with van der Waals surface area (Å²) in [5, 5.41) is 0. The lowest BCUT2D eigenvalue weighted by Crippen LogP contribution is -2.52. The molecule has 0 N–H and O–H groups in total. The molecule has 0 aromatic rings. The number of nitrogens with zero attached hydrogens (tertiary/aromatic N) is 3. The largest absolute Gasteiger partial charge is 0.342 e. The molecule has 0 unspecified atom stereocenters. The maximum absolute atomic E-state index is 12.2. The van der Waals surface area contributed by atoms with Crippen molar-refractivity contribution in [3.8, 4) is 0 Å². The predicted molar refractivity (Wildman–Crippen MR) is 76.2 cm³/mol. The molecule has 5 heteroatoms. The first-order chi connectivity index (χ1) is 9.74. The molecule has 0 spiro atoms. The van der Waals surface area contributed by atoms with Crippen molar-refractivity contribution in [3.63, 3.8) is 0 Å². The molecule has 3 aliphatic rings. The Bertz CT molecular complexity index is 367. The molecule has 0 atom stereocenters. The number of hydrogen-bond acceptors (Lipinski definition) is 3. The zero-order chi connectivity index (χ0) is 13.9. The van der Waals surface area contributed by atoms with Crippen molar-refractivity contribution in [2.45, 2.75) is 32.1 Å². The molecule has 1 saturated carbocycles. The molecule has 2 amide bonds. The van der Waals surface area contributed by atoms with Crippen LogP contribution in [-0.4, -0.2) is 72.3 Å². The van der Waals surface area contributed by atoms with Crippen LogP contribution < -0.4 is 0 Å². The monoisotopic (exact) mass is 279 g/mol. The van der Waals surface area contributed by atoms with Gasteiger partial charge in [-0.3, -0.25) is 14.5 Å². The van der Waals surface area contributed by atoms with E-state index in [1.54, 1.807) is 0 Å². The van der Waals surface area contributed by atoms with Crippen LogP contribution in [0, 0.1) is 5.92 Å². The third-order valence-electron chi connectivity index (χ3n) is 4.68. The Labute approximate surface area is 120 Å². The van der Waals surface area contributed by atoms with Gasteiger partial charge in [0.25, 0.3) is 0 Å². The Morgan fingerprint density at radius 2 is 1.45 bits per heavy atom. The summed E-state index contributed by atoms with van der Waals surface area (Å²) in [6.45, 7) is 5.67. The van der Waals surface area contributed by atoms with E-state index in [4.69, 9.17) is 0 Å². The first-order valence-corrected chi connectivity index (χ1v) is 8.03. The molecule has 5 nitrogen and oxygen atoms in total. The Balaban J connectivity index is 1.41. The van der Waals surface area contributed by atoms with Crippen molar-refractivity contribution in [1.82, 2.24) is 14.7 Å². The van der Waals surface area contributed by atoms with Crippen LogP contribution in [0.4, 0.5) is 0 Å². The molecule has 0 bridgehead atoms. The highest BCUT2D eigenvalue weighted by Gasteiger charge is 2.34. The fourth-order valence-corrected chi connectivity index (χ4v) is 3.15. The Morgan fingerprint density at radius 1 is 0.800 bits per heavy atom. The summed E-state index contributed by atoms with van der Waals surface area (Å²) in [5.74, 6) is 0.926. The third kappa shape index (κ3) is 3.32. The van der Waals surface area contributed by atoms with Crippen molar-refractivity contribution in [2.75, 3.05) is 45.8 Å². The summed E-state index contributed by atoms with van der Waals surface area (Å²) in [7, 11) is 0. The van der Waals surface area contributed by atoms with E-state index < -0.39 is 0 Å². The van der Waals surface area contributed by atoms with Crippen LogP contribution in [0.5, 0.6) is 0 Å². The fourth-order valence-electron chi connectivity index (χ4n) is 3.15. The van der Waals surface area contributed by atoms with Crippen LogP contribution in [0.25, 0.3) is 0 Å². The highest BCUT2D eigenvalue weighted by molar-refractivity contribution is 5.81. The third-order valence-corrected chi connectivity index (χ3v) is 4.68. The van der Waals surface area contributed by atoms with Crippen molar-refractivity contribution < 1.29 is 9.59 Å². The fraction of sp³-hybridized carbons (Fsp3) is 0.867. The standard InChI is InChI=1S/C15H25N3O2/c19-14(17-6-2-1-3-7-17)12-16-8-10-18(11-9-16)15(20)13-4-5-13/h13H,1-12H2. The number of piperidine rings is 1. The van der Waals surface area contributed by atoms with E-state index in [1.165, 1.54) is 6.42 Å². The lowest BCUT2D eigenvalue weighted by molar-refractivity contribution is -0.136.